The molecule has 1 N–H and O–H groups in total. The zero-order valence-corrected chi connectivity index (χ0v) is 11.7. The number of hydrogen-bond acceptors (Lipinski definition) is 5. The number of rotatable bonds is 10. The highest BCUT2D eigenvalue weighted by Gasteiger charge is 2.11. The average Bonchev–Trinajstić information content (AvgIpc) is 2.80. The summed E-state index contributed by atoms with van der Waals surface area (Å²) in [7, 11) is 0. The van der Waals surface area contributed by atoms with Crippen molar-refractivity contribution >= 4 is 17.3 Å². The summed E-state index contributed by atoms with van der Waals surface area (Å²) in [6.07, 6.45) is 1.53. The van der Waals surface area contributed by atoms with Gasteiger partial charge in [-0.2, -0.15) is 0 Å². The van der Waals surface area contributed by atoms with Crippen molar-refractivity contribution in [2.45, 2.75) is 45.4 Å². The lowest BCUT2D eigenvalue weighted by Gasteiger charge is -1.99. The van der Waals surface area contributed by atoms with Gasteiger partial charge >= 0.3 is 0 Å². The Morgan fingerprint density at radius 1 is 1.00 bits per heavy atom. The Balaban J connectivity index is 2.33. The van der Waals surface area contributed by atoms with Crippen molar-refractivity contribution in [3.05, 3.63) is 23.7 Å². The normalized spacial score (nSPS) is 10.5. The summed E-state index contributed by atoms with van der Waals surface area (Å²) in [6.45, 7) is 1.47. The highest BCUT2D eigenvalue weighted by Crippen LogP contribution is 2.11. The summed E-state index contributed by atoms with van der Waals surface area (Å²) in [5.74, 6) is 1.01. The van der Waals surface area contributed by atoms with E-state index in [1.807, 2.05) is 0 Å². The van der Waals surface area contributed by atoms with Crippen LogP contribution in [0.2, 0.25) is 0 Å². The molecule has 0 saturated carbocycles. The maximum Gasteiger partial charge on any atom is 0.140 e. The minimum atomic E-state index is -0.0638. The highest BCUT2D eigenvalue weighted by atomic mass is 16.3. The van der Waals surface area contributed by atoms with Gasteiger partial charge in [-0.25, -0.2) is 0 Å². The number of Topliss-reactive ketones (excluding diaryl/α,β-unsaturated/α-hetero) is 3. The maximum absolute atomic E-state index is 11.7. The summed E-state index contributed by atoms with van der Waals surface area (Å²) in [5, 5.41) is 8.60. The van der Waals surface area contributed by atoms with Crippen LogP contribution in [0.3, 0.4) is 0 Å². The summed E-state index contributed by atoms with van der Waals surface area (Å²) in [6, 6.07) is 3.38. The van der Waals surface area contributed by atoms with E-state index in [1.54, 1.807) is 12.1 Å². The smallest absolute Gasteiger partial charge is 0.140 e. The number of hydrogen-bond donors (Lipinski definition) is 1. The van der Waals surface area contributed by atoms with Crippen LogP contribution in [0.4, 0.5) is 0 Å². The molecule has 110 valence electrons. The van der Waals surface area contributed by atoms with Crippen molar-refractivity contribution in [3.63, 3.8) is 0 Å². The second-order valence-electron chi connectivity index (χ2n) is 4.83. The van der Waals surface area contributed by atoms with E-state index < -0.39 is 0 Å². The fraction of sp³-hybridized carbons (Fsp3) is 0.533. The van der Waals surface area contributed by atoms with Gasteiger partial charge in [0.25, 0.3) is 0 Å². The highest BCUT2D eigenvalue weighted by molar-refractivity contribution is 5.86. The van der Waals surface area contributed by atoms with Gasteiger partial charge in [-0.05, 0) is 25.5 Å². The predicted octanol–water partition coefficient (Wildman–Crippen LogP) is 1.64. The third-order valence-corrected chi connectivity index (χ3v) is 2.81. The number of carbonyl (C=O) groups excluding carboxylic acids is 3. The van der Waals surface area contributed by atoms with E-state index >= 15 is 0 Å². The van der Waals surface area contributed by atoms with Crippen LogP contribution in [-0.2, 0) is 27.2 Å². The van der Waals surface area contributed by atoms with Gasteiger partial charge in [-0.1, -0.05) is 0 Å². The van der Waals surface area contributed by atoms with Crippen LogP contribution in [0.5, 0.6) is 0 Å². The van der Waals surface area contributed by atoms with E-state index in [4.69, 9.17) is 9.52 Å². The number of carbonyl (C=O) groups is 3. The predicted molar refractivity (Wildman–Crippen MR) is 72.4 cm³/mol. The number of furan rings is 1. The van der Waals surface area contributed by atoms with Gasteiger partial charge in [-0.3, -0.25) is 14.4 Å². The van der Waals surface area contributed by atoms with E-state index in [0.29, 0.717) is 24.4 Å². The molecule has 0 atom stereocenters. The van der Waals surface area contributed by atoms with Crippen molar-refractivity contribution in [2.75, 3.05) is 6.61 Å². The molecule has 0 aromatic carbocycles. The van der Waals surface area contributed by atoms with Gasteiger partial charge < -0.3 is 9.52 Å². The first-order valence-corrected chi connectivity index (χ1v) is 6.72. The molecule has 0 radical (unpaired) electrons. The van der Waals surface area contributed by atoms with Crippen LogP contribution < -0.4 is 0 Å². The molecule has 0 aliphatic rings. The molecule has 20 heavy (non-hydrogen) atoms. The standard InChI is InChI=1S/C15H20O5/c1-11(17)9-14-6-7-15(20-14)10-13(19)5-4-12(18)3-2-8-16/h6-7,16H,2-5,8-10H2,1H3. The fourth-order valence-corrected chi connectivity index (χ4v) is 1.82. The summed E-state index contributed by atoms with van der Waals surface area (Å²) in [5.41, 5.74) is 0. The second kappa shape index (κ2) is 8.43. The third kappa shape index (κ3) is 6.43. The molecule has 0 unspecified atom stereocenters. The van der Waals surface area contributed by atoms with Gasteiger partial charge in [0.2, 0.25) is 0 Å². The van der Waals surface area contributed by atoms with E-state index in [2.05, 4.69) is 0 Å². The Bertz CT molecular complexity index is 472. The molecule has 0 aliphatic heterocycles. The van der Waals surface area contributed by atoms with Crippen LogP contribution in [0.25, 0.3) is 0 Å². The summed E-state index contributed by atoms with van der Waals surface area (Å²) in [4.78, 5) is 34.0. The van der Waals surface area contributed by atoms with Gasteiger partial charge in [0.15, 0.2) is 0 Å². The number of aliphatic hydroxyl groups excluding tert-OH is 1. The van der Waals surface area contributed by atoms with Gasteiger partial charge in [0, 0.05) is 25.9 Å². The number of ketones is 3. The Morgan fingerprint density at radius 3 is 2.20 bits per heavy atom. The molecule has 5 heteroatoms. The van der Waals surface area contributed by atoms with Crippen LogP contribution in [0.15, 0.2) is 16.5 Å². The molecular weight excluding hydrogens is 260 g/mol. The zero-order valence-electron chi connectivity index (χ0n) is 11.7. The van der Waals surface area contributed by atoms with Crippen molar-refractivity contribution < 1.29 is 23.9 Å². The van der Waals surface area contributed by atoms with Crippen molar-refractivity contribution in [1.29, 1.82) is 0 Å². The molecular formula is C15H20O5. The van der Waals surface area contributed by atoms with Crippen LogP contribution in [-0.4, -0.2) is 29.1 Å². The number of aliphatic hydroxyl groups is 1. The molecule has 0 spiro atoms. The third-order valence-electron chi connectivity index (χ3n) is 2.81. The average molecular weight is 280 g/mol. The molecule has 0 aliphatic carbocycles. The van der Waals surface area contributed by atoms with Crippen molar-refractivity contribution in [3.8, 4) is 0 Å². The lowest BCUT2D eigenvalue weighted by atomic mass is 10.1. The fourth-order valence-electron chi connectivity index (χ4n) is 1.82. The largest absolute Gasteiger partial charge is 0.465 e. The monoisotopic (exact) mass is 280 g/mol. The van der Waals surface area contributed by atoms with Crippen molar-refractivity contribution in [2.24, 2.45) is 0 Å². The van der Waals surface area contributed by atoms with Gasteiger partial charge in [0.1, 0.15) is 28.9 Å². The molecule has 1 rings (SSSR count). The molecule has 0 fully saturated rings. The first-order chi connectivity index (χ1) is 9.51. The Labute approximate surface area is 118 Å². The van der Waals surface area contributed by atoms with Crippen LogP contribution in [0.1, 0.15) is 44.1 Å². The lowest BCUT2D eigenvalue weighted by molar-refractivity contribution is -0.124. The molecule has 5 nitrogen and oxygen atoms in total. The quantitative estimate of drug-likeness (QED) is 0.704. The first-order valence-electron chi connectivity index (χ1n) is 6.72. The van der Waals surface area contributed by atoms with Gasteiger partial charge in [-0.15, -0.1) is 0 Å². The molecule has 0 amide bonds. The molecule has 1 heterocycles. The minimum absolute atomic E-state index is 0.00621. The molecule has 1 aromatic heterocycles. The Hall–Kier alpha value is -1.75. The maximum atomic E-state index is 11.7. The van der Waals surface area contributed by atoms with E-state index in [9.17, 15) is 14.4 Å². The molecule has 0 bridgehead atoms. The van der Waals surface area contributed by atoms with Gasteiger partial charge in [0.05, 0.1) is 12.8 Å². The van der Waals surface area contributed by atoms with E-state index in [-0.39, 0.29) is 49.6 Å². The minimum Gasteiger partial charge on any atom is -0.465 e. The van der Waals surface area contributed by atoms with Crippen molar-refractivity contribution in [1.82, 2.24) is 0 Å². The molecule has 0 saturated heterocycles. The second-order valence-corrected chi connectivity index (χ2v) is 4.83. The van der Waals surface area contributed by atoms with E-state index in [0.717, 1.165) is 0 Å². The lowest BCUT2D eigenvalue weighted by Crippen LogP contribution is -2.07. The Kier molecular flexibility index (Phi) is 6.87. The molecule has 1 aromatic rings. The SMILES string of the molecule is CC(=O)Cc1ccc(CC(=O)CCC(=O)CCCO)o1. The van der Waals surface area contributed by atoms with E-state index in [1.165, 1.54) is 6.92 Å². The Morgan fingerprint density at radius 2 is 1.60 bits per heavy atom. The first kappa shape index (κ1) is 16.3. The van der Waals surface area contributed by atoms with Crippen LogP contribution >= 0.6 is 0 Å². The zero-order chi connectivity index (χ0) is 15.0. The van der Waals surface area contributed by atoms with Crippen LogP contribution in [0, 0.1) is 0 Å². The topological polar surface area (TPSA) is 84.6 Å². The summed E-state index contributed by atoms with van der Waals surface area (Å²) < 4.78 is 5.38. The summed E-state index contributed by atoms with van der Waals surface area (Å²) >= 11 is 0.